The zero-order chi connectivity index (χ0) is 12.6. The SMILES string of the molecule is CN[C@@H](CCC(=O)NCCC(C)C)C(=O)O. The van der Waals surface area contributed by atoms with Crippen molar-refractivity contribution in [3.05, 3.63) is 0 Å². The van der Waals surface area contributed by atoms with Gasteiger partial charge in [0.15, 0.2) is 0 Å². The van der Waals surface area contributed by atoms with E-state index in [1.54, 1.807) is 7.05 Å². The number of carbonyl (C=O) groups excluding carboxylic acids is 1. The van der Waals surface area contributed by atoms with Crippen LogP contribution in [0.3, 0.4) is 0 Å². The molecule has 0 unspecified atom stereocenters. The van der Waals surface area contributed by atoms with E-state index >= 15 is 0 Å². The van der Waals surface area contributed by atoms with E-state index in [0.29, 0.717) is 18.9 Å². The van der Waals surface area contributed by atoms with E-state index < -0.39 is 12.0 Å². The predicted molar refractivity (Wildman–Crippen MR) is 62.2 cm³/mol. The molecule has 0 fully saturated rings. The molecule has 16 heavy (non-hydrogen) atoms. The molecule has 0 heterocycles. The summed E-state index contributed by atoms with van der Waals surface area (Å²) in [5, 5.41) is 14.2. The minimum absolute atomic E-state index is 0.0813. The number of hydrogen-bond acceptors (Lipinski definition) is 3. The first-order chi connectivity index (χ1) is 7.47. The summed E-state index contributed by atoms with van der Waals surface area (Å²) in [5.41, 5.74) is 0. The minimum atomic E-state index is -0.919. The monoisotopic (exact) mass is 230 g/mol. The van der Waals surface area contributed by atoms with E-state index in [0.717, 1.165) is 6.42 Å². The number of carboxylic acid groups (broad SMARTS) is 1. The second-order valence-corrected chi connectivity index (χ2v) is 4.25. The van der Waals surface area contributed by atoms with Gasteiger partial charge in [0.1, 0.15) is 6.04 Å². The Morgan fingerprint density at radius 1 is 1.25 bits per heavy atom. The average molecular weight is 230 g/mol. The quantitative estimate of drug-likeness (QED) is 0.570. The topological polar surface area (TPSA) is 78.4 Å². The van der Waals surface area contributed by atoms with Crippen molar-refractivity contribution in [2.75, 3.05) is 13.6 Å². The second-order valence-electron chi connectivity index (χ2n) is 4.25. The molecule has 0 saturated carbocycles. The molecule has 1 amide bonds. The third-order valence-corrected chi connectivity index (χ3v) is 2.35. The summed E-state index contributed by atoms with van der Waals surface area (Å²) in [7, 11) is 1.58. The van der Waals surface area contributed by atoms with Crippen molar-refractivity contribution in [1.29, 1.82) is 0 Å². The van der Waals surface area contributed by atoms with Gasteiger partial charge in [-0.25, -0.2) is 0 Å². The lowest BCUT2D eigenvalue weighted by Gasteiger charge is -2.11. The highest BCUT2D eigenvalue weighted by Gasteiger charge is 2.15. The van der Waals surface area contributed by atoms with E-state index in [-0.39, 0.29) is 12.3 Å². The van der Waals surface area contributed by atoms with Crippen molar-refractivity contribution >= 4 is 11.9 Å². The fourth-order valence-corrected chi connectivity index (χ4v) is 1.26. The highest BCUT2D eigenvalue weighted by molar-refractivity contribution is 5.78. The van der Waals surface area contributed by atoms with Crippen molar-refractivity contribution in [3.8, 4) is 0 Å². The molecule has 1 atom stereocenters. The molecule has 0 bridgehead atoms. The van der Waals surface area contributed by atoms with E-state index in [1.165, 1.54) is 0 Å². The van der Waals surface area contributed by atoms with Crippen LogP contribution in [0.2, 0.25) is 0 Å². The minimum Gasteiger partial charge on any atom is -0.480 e. The van der Waals surface area contributed by atoms with Gasteiger partial charge in [0.25, 0.3) is 0 Å². The molecule has 0 radical (unpaired) electrons. The van der Waals surface area contributed by atoms with Gasteiger partial charge < -0.3 is 15.7 Å². The summed E-state index contributed by atoms with van der Waals surface area (Å²) in [6, 6.07) is -0.643. The molecule has 0 rings (SSSR count). The highest BCUT2D eigenvalue weighted by Crippen LogP contribution is 1.99. The maximum Gasteiger partial charge on any atom is 0.320 e. The first kappa shape index (κ1) is 14.9. The number of rotatable bonds is 8. The zero-order valence-corrected chi connectivity index (χ0v) is 10.2. The molecule has 0 spiro atoms. The smallest absolute Gasteiger partial charge is 0.320 e. The molecule has 0 aliphatic heterocycles. The molecule has 0 saturated heterocycles. The number of carboxylic acids is 1. The lowest BCUT2D eigenvalue weighted by atomic mass is 10.1. The number of nitrogens with one attached hydrogen (secondary N) is 2. The molecule has 3 N–H and O–H groups in total. The Morgan fingerprint density at radius 3 is 2.31 bits per heavy atom. The van der Waals surface area contributed by atoms with Crippen LogP contribution in [-0.4, -0.2) is 36.6 Å². The lowest BCUT2D eigenvalue weighted by molar-refractivity contribution is -0.139. The van der Waals surface area contributed by atoms with Gasteiger partial charge in [0.2, 0.25) is 5.91 Å². The Hall–Kier alpha value is -1.10. The molecule has 0 aliphatic carbocycles. The van der Waals surface area contributed by atoms with Crippen LogP contribution in [0, 0.1) is 5.92 Å². The van der Waals surface area contributed by atoms with Gasteiger partial charge in [0, 0.05) is 13.0 Å². The fourth-order valence-electron chi connectivity index (χ4n) is 1.26. The van der Waals surface area contributed by atoms with Crippen molar-refractivity contribution in [2.45, 2.75) is 39.2 Å². The predicted octanol–water partition coefficient (Wildman–Crippen LogP) is 0.601. The van der Waals surface area contributed by atoms with Crippen LogP contribution in [0.25, 0.3) is 0 Å². The summed E-state index contributed by atoms with van der Waals surface area (Å²) >= 11 is 0. The van der Waals surface area contributed by atoms with Crippen LogP contribution < -0.4 is 10.6 Å². The molecular formula is C11H22N2O3. The Morgan fingerprint density at radius 2 is 1.88 bits per heavy atom. The van der Waals surface area contributed by atoms with Gasteiger partial charge in [-0.2, -0.15) is 0 Å². The Labute approximate surface area is 96.6 Å². The summed E-state index contributed by atoms with van der Waals surface area (Å²) in [5.74, 6) is -0.441. The summed E-state index contributed by atoms with van der Waals surface area (Å²) in [4.78, 5) is 22.0. The standard InChI is InChI=1S/C11H22N2O3/c1-8(2)6-7-13-10(14)5-4-9(12-3)11(15)16/h8-9,12H,4-7H2,1-3H3,(H,13,14)(H,15,16)/t9-/m0/s1. The Bertz CT molecular complexity index is 229. The molecule has 94 valence electrons. The zero-order valence-electron chi connectivity index (χ0n) is 10.2. The summed E-state index contributed by atoms with van der Waals surface area (Å²) in [6.45, 7) is 4.84. The number of amides is 1. The molecule has 0 aromatic carbocycles. The first-order valence-electron chi connectivity index (χ1n) is 5.64. The number of likely N-dealkylation sites (N-methyl/N-ethyl adjacent to an activating group) is 1. The normalized spacial score (nSPS) is 12.5. The van der Waals surface area contributed by atoms with Crippen LogP contribution in [-0.2, 0) is 9.59 Å². The van der Waals surface area contributed by atoms with Crippen molar-refractivity contribution in [2.24, 2.45) is 5.92 Å². The molecule has 5 nitrogen and oxygen atoms in total. The number of aliphatic carboxylic acids is 1. The highest BCUT2D eigenvalue weighted by atomic mass is 16.4. The molecular weight excluding hydrogens is 208 g/mol. The van der Waals surface area contributed by atoms with E-state index in [2.05, 4.69) is 24.5 Å². The van der Waals surface area contributed by atoms with Gasteiger partial charge in [0.05, 0.1) is 0 Å². The molecule has 5 heteroatoms. The van der Waals surface area contributed by atoms with Crippen molar-refractivity contribution < 1.29 is 14.7 Å². The molecule has 0 aliphatic rings. The van der Waals surface area contributed by atoms with Gasteiger partial charge in [-0.05, 0) is 25.8 Å². The van der Waals surface area contributed by atoms with Gasteiger partial charge >= 0.3 is 5.97 Å². The molecule has 0 aromatic heterocycles. The van der Waals surface area contributed by atoms with Gasteiger partial charge in [-0.1, -0.05) is 13.8 Å². The van der Waals surface area contributed by atoms with Crippen LogP contribution >= 0.6 is 0 Å². The molecule has 0 aromatic rings. The maximum absolute atomic E-state index is 11.3. The number of carbonyl (C=O) groups is 2. The van der Waals surface area contributed by atoms with Crippen LogP contribution in [0.5, 0.6) is 0 Å². The second kappa shape index (κ2) is 8.10. The first-order valence-corrected chi connectivity index (χ1v) is 5.64. The maximum atomic E-state index is 11.3. The van der Waals surface area contributed by atoms with Gasteiger partial charge in [-0.3, -0.25) is 9.59 Å². The largest absolute Gasteiger partial charge is 0.480 e. The summed E-state index contributed by atoms with van der Waals surface area (Å²) < 4.78 is 0. The van der Waals surface area contributed by atoms with Crippen molar-refractivity contribution in [3.63, 3.8) is 0 Å². The number of hydrogen-bond donors (Lipinski definition) is 3. The summed E-state index contributed by atoms with van der Waals surface area (Å²) in [6.07, 6.45) is 1.51. The van der Waals surface area contributed by atoms with E-state index in [9.17, 15) is 9.59 Å². The lowest BCUT2D eigenvalue weighted by Crippen LogP contribution is -2.35. The third kappa shape index (κ3) is 7.23. The van der Waals surface area contributed by atoms with Crippen LogP contribution in [0.1, 0.15) is 33.1 Å². The van der Waals surface area contributed by atoms with Crippen LogP contribution in [0.4, 0.5) is 0 Å². The van der Waals surface area contributed by atoms with E-state index in [1.807, 2.05) is 0 Å². The van der Waals surface area contributed by atoms with Crippen LogP contribution in [0.15, 0.2) is 0 Å². The Kier molecular flexibility index (Phi) is 7.54. The fraction of sp³-hybridized carbons (Fsp3) is 0.818. The van der Waals surface area contributed by atoms with Crippen molar-refractivity contribution in [1.82, 2.24) is 10.6 Å². The van der Waals surface area contributed by atoms with E-state index in [4.69, 9.17) is 5.11 Å². The van der Waals surface area contributed by atoms with Gasteiger partial charge in [-0.15, -0.1) is 0 Å². The third-order valence-electron chi connectivity index (χ3n) is 2.35. The average Bonchev–Trinajstić information content (AvgIpc) is 2.17. The Balaban J connectivity index is 3.67.